The number of carbonyl (C=O) groups is 1. The summed E-state index contributed by atoms with van der Waals surface area (Å²) in [6.45, 7) is 0.143. The number of fused-ring (bicyclic) bond motifs is 1. The molecule has 0 fully saturated rings. The van der Waals surface area contributed by atoms with Gasteiger partial charge in [-0.2, -0.15) is 5.10 Å². The summed E-state index contributed by atoms with van der Waals surface area (Å²) >= 11 is 3.20. The normalized spacial score (nSPS) is 10.7. The molecule has 116 valence electrons. The fraction of sp³-hybridized carbons (Fsp3) is 0.0625. The van der Waals surface area contributed by atoms with E-state index in [0.29, 0.717) is 20.8 Å². The number of amides is 1. The molecular weight excluding hydrogens is 365 g/mol. The van der Waals surface area contributed by atoms with Crippen molar-refractivity contribution in [2.24, 2.45) is 0 Å². The smallest absolute Gasteiger partial charge is 0.272 e. The van der Waals surface area contributed by atoms with Gasteiger partial charge >= 0.3 is 0 Å². The van der Waals surface area contributed by atoms with Crippen molar-refractivity contribution < 1.29 is 9.18 Å². The largest absolute Gasteiger partial charge is 0.347 e. The van der Waals surface area contributed by atoms with Crippen molar-refractivity contribution in [3.63, 3.8) is 0 Å². The third kappa shape index (κ3) is 3.29. The van der Waals surface area contributed by atoms with E-state index in [1.807, 2.05) is 0 Å². The molecule has 2 aromatic carbocycles. The van der Waals surface area contributed by atoms with Crippen molar-refractivity contribution in [1.82, 2.24) is 15.5 Å². The Bertz CT molecular complexity index is 935. The van der Waals surface area contributed by atoms with Gasteiger partial charge in [-0.1, -0.05) is 34.1 Å². The van der Waals surface area contributed by atoms with Crippen LogP contribution in [0.4, 0.5) is 4.39 Å². The Morgan fingerprint density at radius 2 is 1.96 bits per heavy atom. The molecule has 7 heteroatoms. The Labute approximate surface area is 138 Å². The number of nitrogens with one attached hydrogen (secondary N) is 2. The second-order valence-corrected chi connectivity index (χ2v) is 5.82. The summed E-state index contributed by atoms with van der Waals surface area (Å²) in [7, 11) is 0. The summed E-state index contributed by atoms with van der Waals surface area (Å²) < 4.78 is 13.9. The molecular formula is C16H11BrFN3O2. The predicted octanol–water partition coefficient (Wildman–Crippen LogP) is 2.75. The summed E-state index contributed by atoms with van der Waals surface area (Å²) in [6, 6.07) is 11.1. The lowest BCUT2D eigenvalue weighted by molar-refractivity contribution is 0.0946. The molecule has 23 heavy (non-hydrogen) atoms. The lowest BCUT2D eigenvalue weighted by Crippen LogP contribution is -2.26. The van der Waals surface area contributed by atoms with Gasteiger partial charge in [-0.15, -0.1) is 0 Å². The van der Waals surface area contributed by atoms with Crippen LogP contribution in [-0.2, 0) is 6.54 Å². The van der Waals surface area contributed by atoms with Gasteiger partial charge in [0.2, 0.25) is 0 Å². The van der Waals surface area contributed by atoms with E-state index in [2.05, 4.69) is 31.4 Å². The molecule has 0 saturated heterocycles. The van der Waals surface area contributed by atoms with Gasteiger partial charge in [-0.3, -0.25) is 9.59 Å². The van der Waals surface area contributed by atoms with E-state index >= 15 is 0 Å². The van der Waals surface area contributed by atoms with Crippen molar-refractivity contribution >= 4 is 32.6 Å². The summed E-state index contributed by atoms with van der Waals surface area (Å²) in [5.41, 5.74) is 0.376. The Morgan fingerprint density at radius 1 is 1.22 bits per heavy atom. The molecule has 0 bridgehead atoms. The molecule has 0 aliphatic carbocycles. The molecule has 0 aliphatic rings. The van der Waals surface area contributed by atoms with Crippen LogP contribution in [0.3, 0.4) is 0 Å². The highest BCUT2D eigenvalue weighted by Gasteiger charge is 2.13. The van der Waals surface area contributed by atoms with E-state index in [1.54, 1.807) is 30.3 Å². The molecule has 5 nitrogen and oxygen atoms in total. The molecule has 0 radical (unpaired) electrons. The van der Waals surface area contributed by atoms with Crippen molar-refractivity contribution in [2.75, 3.05) is 0 Å². The van der Waals surface area contributed by atoms with E-state index in [-0.39, 0.29) is 17.8 Å². The fourth-order valence-electron chi connectivity index (χ4n) is 2.27. The molecule has 3 aromatic rings. The molecule has 0 saturated carbocycles. The van der Waals surface area contributed by atoms with Gasteiger partial charge in [-0.25, -0.2) is 9.49 Å². The second kappa shape index (κ2) is 6.29. The molecule has 0 aliphatic heterocycles. The Morgan fingerprint density at radius 3 is 2.70 bits per heavy atom. The van der Waals surface area contributed by atoms with E-state index in [1.165, 1.54) is 12.1 Å². The van der Waals surface area contributed by atoms with Crippen LogP contribution in [0.15, 0.2) is 51.7 Å². The van der Waals surface area contributed by atoms with Gasteiger partial charge in [0.1, 0.15) is 5.82 Å². The molecule has 2 N–H and O–H groups in total. The Hall–Kier alpha value is -2.54. The first-order chi connectivity index (χ1) is 11.0. The number of H-pyrrole nitrogens is 1. The van der Waals surface area contributed by atoms with E-state index in [4.69, 9.17) is 0 Å². The average Bonchev–Trinajstić information content (AvgIpc) is 2.52. The van der Waals surface area contributed by atoms with Crippen molar-refractivity contribution in [3.8, 4) is 0 Å². The lowest BCUT2D eigenvalue weighted by atomic mass is 10.1. The highest BCUT2D eigenvalue weighted by molar-refractivity contribution is 9.10. The van der Waals surface area contributed by atoms with Crippen molar-refractivity contribution in [3.05, 3.63) is 74.4 Å². The first kappa shape index (κ1) is 15.4. The number of nitrogens with zero attached hydrogens (tertiary/aromatic N) is 1. The van der Waals surface area contributed by atoms with Crippen LogP contribution < -0.4 is 10.9 Å². The Balaban J connectivity index is 1.87. The van der Waals surface area contributed by atoms with E-state index in [0.717, 1.165) is 0 Å². The maximum atomic E-state index is 13.3. The van der Waals surface area contributed by atoms with Crippen LogP contribution in [0.2, 0.25) is 0 Å². The lowest BCUT2D eigenvalue weighted by Gasteiger charge is -2.07. The number of aromatic nitrogens is 2. The molecule has 1 heterocycles. The zero-order valence-corrected chi connectivity index (χ0v) is 13.4. The van der Waals surface area contributed by atoms with Crippen LogP contribution in [0.1, 0.15) is 16.1 Å². The van der Waals surface area contributed by atoms with Gasteiger partial charge in [0, 0.05) is 16.4 Å². The van der Waals surface area contributed by atoms with E-state index < -0.39 is 11.7 Å². The van der Waals surface area contributed by atoms with Crippen LogP contribution in [0.25, 0.3) is 10.8 Å². The highest BCUT2D eigenvalue weighted by atomic mass is 79.9. The van der Waals surface area contributed by atoms with Crippen molar-refractivity contribution in [1.29, 1.82) is 0 Å². The maximum Gasteiger partial charge on any atom is 0.272 e. The third-order valence-corrected chi connectivity index (χ3v) is 3.74. The van der Waals surface area contributed by atoms with Crippen LogP contribution in [-0.4, -0.2) is 16.1 Å². The van der Waals surface area contributed by atoms with Gasteiger partial charge in [0.15, 0.2) is 5.69 Å². The van der Waals surface area contributed by atoms with Crippen LogP contribution in [0, 0.1) is 5.82 Å². The predicted molar refractivity (Wildman–Crippen MR) is 87.6 cm³/mol. The summed E-state index contributed by atoms with van der Waals surface area (Å²) in [6.07, 6.45) is 0. The van der Waals surface area contributed by atoms with Gasteiger partial charge in [0.05, 0.1) is 5.39 Å². The number of hydrogen-bond donors (Lipinski definition) is 2. The van der Waals surface area contributed by atoms with Crippen LogP contribution in [0.5, 0.6) is 0 Å². The minimum absolute atomic E-state index is 0.121. The Kier molecular flexibility index (Phi) is 4.20. The minimum Gasteiger partial charge on any atom is -0.347 e. The molecule has 0 unspecified atom stereocenters. The number of rotatable bonds is 3. The van der Waals surface area contributed by atoms with Gasteiger partial charge < -0.3 is 5.32 Å². The van der Waals surface area contributed by atoms with Gasteiger partial charge in [0.25, 0.3) is 11.5 Å². The maximum absolute atomic E-state index is 13.3. The summed E-state index contributed by atoms with van der Waals surface area (Å²) in [5, 5.41) is 9.65. The zero-order chi connectivity index (χ0) is 16.4. The standard InChI is InChI=1S/C16H11BrFN3O2/c17-10-5-9(6-11(18)7-10)8-19-16(23)14-12-3-1-2-4-13(12)15(22)21-20-14/h1-7H,8H2,(H,19,23)(H,21,22). The highest BCUT2D eigenvalue weighted by Crippen LogP contribution is 2.15. The number of carbonyl (C=O) groups excluding carboxylic acids is 1. The quantitative estimate of drug-likeness (QED) is 0.738. The number of hydrogen-bond acceptors (Lipinski definition) is 3. The second-order valence-electron chi connectivity index (χ2n) is 4.91. The average molecular weight is 376 g/mol. The minimum atomic E-state index is -0.446. The third-order valence-electron chi connectivity index (χ3n) is 3.29. The number of benzene rings is 2. The number of halogens is 2. The first-order valence-corrected chi connectivity index (χ1v) is 7.54. The molecule has 1 amide bonds. The monoisotopic (exact) mass is 375 g/mol. The topological polar surface area (TPSA) is 74.8 Å². The molecule has 1 aromatic heterocycles. The molecule has 0 atom stereocenters. The summed E-state index contributed by atoms with van der Waals surface area (Å²) in [5.74, 6) is -0.839. The molecule has 3 rings (SSSR count). The van der Waals surface area contributed by atoms with Crippen LogP contribution >= 0.6 is 15.9 Å². The molecule has 0 spiro atoms. The fourth-order valence-corrected chi connectivity index (χ4v) is 2.78. The zero-order valence-electron chi connectivity index (χ0n) is 11.8. The first-order valence-electron chi connectivity index (χ1n) is 6.75. The van der Waals surface area contributed by atoms with E-state index in [9.17, 15) is 14.0 Å². The van der Waals surface area contributed by atoms with Gasteiger partial charge in [-0.05, 0) is 29.8 Å². The summed E-state index contributed by atoms with van der Waals surface area (Å²) in [4.78, 5) is 24.0. The number of aromatic amines is 1. The van der Waals surface area contributed by atoms with Crippen molar-refractivity contribution in [2.45, 2.75) is 6.54 Å². The SMILES string of the molecule is O=C(NCc1cc(F)cc(Br)c1)c1n[nH]c(=O)c2ccccc12.